The van der Waals surface area contributed by atoms with Gasteiger partial charge in [-0.1, -0.05) is 11.6 Å². The SMILES string of the molecule is Cc1cc2nc(-c3cc(N=Cc4cc(Cl)cc([N+](=O)[O-])c4O)ccc3O)oc2cc1C. The third kappa shape index (κ3) is 3.93. The highest BCUT2D eigenvalue weighted by Crippen LogP contribution is 2.36. The number of phenolic OH excluding ortho intramolecular Hbond substituents is 2. The Kier molecular flexibility index (Phi) is 5.08. The first-order valence-corrected chi connectivity index (χ1v) is 9.53. The van der Waals surface area contributed by atoms with E-state index >= 15 is 0 Å². The Bertz CT molecular complexity index is 1340. The van der Waals surface area contributed by atoms with Crippen molar-refractivity contribution in [2.24, 2.45) is 4.99 Å². The lowest BCUT2D eigenvalue weighted by molar-refractivity contribution is -0.385. The molecule has 0 aliphatic rings. The molecule has 1 aromatic heterocycles. The van der Waals surface area contributed by atoms with Crippen LogP contribution in [0.15, 0.2) is 51.9 Å². The summed E-state index contributed by atoms with van der Waals surface area (Å²) in [7, 11) is 0. The van der Waals surface area contributed by atoms with Crippen LogP contribution in [0.25, 0.3) is 22.6 Å². The van der Waals surface area contributed by atoms with Gasteiger partial charge in [0.15, 0.2) is 5.58 Å². The van der Waals surface area contributed by atoms with Crippen LogP contribution in [0.3, 0.4) is 0 Å². The smallest absolute Gasteiger partial charge is 0.312 e. The van der Waals surface area contributed by atoms with E-state index in [4.69, 9.17) is 16.0 Å². The fourth-order valence-corrected chi connectivity index (χ4v) is 3.28. The van der Waals surface area contributed by atoms with Crippen LogP contribution >= 0.6 is 11.6 Å². The maximum atomic E-state index is 11.1. The van der Waals surface area contributed by atoms with Crippen LogP contribution in [-0.4, -0.2) is 26.3 Å². The maximum Gasteiger partial charge on any atom is 0.312 e. The normalized spacial score (nSPS) is 11.5. The summed E-state index contributed by atoms with van der Waals surface area (Å²) >= 11 is 5.90. The summed E-state index contributed by atoms with van der Waals surface area (Å²) in [5.41, 5.74) is 3.72. The number of nitrogens with zero attached hydrogens (tertiary/aromatic N) is 3. The first-order chi connectivity index (χ1) is 14.7. The Morgan fingerprint density at radius 3 is 2.61 bits per heavy atom. The molecule has 1 heterocycles. The zero-order valence-electron chi connectivity index (χ0n) is 16.5. The number of rotatable bonds is 4. The number of aromatic nitrogens is 1. The Balaban J connectivity index is 1.73. The summed E-state index contributed by atoms with van der Waals surface area (Å²) in [4.78, 5) is 19.0. The van der Waals surface area contributed by atoms with Crippen molar-refractivity contribution in [1.29, 1.82) is 0 Å². The van der Waals surface area contributed by atoms with Gasteiger partial charge >= 0.3 is 5.69 Å². The first kappa shape index (κ1) is 20.4. The van der Waals surface area contributed by atoms with Gasteiger partial charge in [-0.2, -0.15) is 0 Å². The molecule has 0 spiro atoms. The number of phenols is 2. The summed E-state index contributed by atoms with van der Waals surface area (Å²) in [6.07, 6.45) is 1.25. The summed E-state index contributed by atoms with van der Waals surface area (Å²) in [5, 5.41) is 31.6. The van der Waals surface area contributed by atoms with E-state index in [0.29, 0.717) is 22.4 Å². The van der Waals surface area contributed by atoms with E-state index < -0.39 is 16.4 Å². The average molecular weight is 438 g/mol. The number of hydrogen-bond donors (Lipinski definition) is 2. The number of nitro benzene ring substituents is 1. The number of oxazole rings is 1. The molecule has 4 aromatic rings. The molecule has 0 atom stereocenters. The Morgan fingerprint density at radius 2 is 1.87 bits per heavy atom. The standard InChI is InChI=1S/C22H16ClN3O5/c1-11-5-17-20(6-12(11)2)31-22(25-17)16-9-15(3-4-19(16)27)24-10-13-7-14(23)8-18(21(13)28)26(29)30/h3-10,27-28H,1-2H3. The number of fused-ring (bicyclic) bond motifs is 1. The summed E-state index contributed by atoms with van der Waals surface area (Å²) < 4.78 is 5.81. The van der Waals surface area contributed by atoms with Gasteiger partial charge in [-0.05, 0) is 61.4 Å². The van der Waals surface area contributed by atoms with Gasteiger partial charge in [0.2, 0.25) is 11.6 Å². The third-order valence-corrected chi connectivity index (χ3v) is 5.07. The fraction of sp³-hybridized carbons (Fsp3) is 0.0909. The van der Waals surface area contributed by atoms with Crippen LogP contribution < -0.4 is 0 Å². The quantitative estimate of drug-likeness (QED) is 0.235. The van der Waals surface area contributed by atoms with E-state index in [1.807, 2.05) is 26.0 Å². The zero-order chi connectivity index (χ0) is 22.3. The molecule has 8 nitrogen and oxygen atoms in total. The first-order valence-electron chi connectivity index (χ1n) is 9.15. The minimum Gasteiger partial charge on any atom is -0.507 e. The van der Waals surface area contributed by atoms with E-state index in [2.05, 4.69) is 9.98 Å². The molecule has 0 aliphatic heterocycles. The molecule has 156 valence electrons. The predicted molar refractivity (Wildman–Crippen MR) is 118 cm³/mol. The van der Waals surface area contributed by atoms with Crippen LogP contribution in [0.1, 0.15) is 16.7 Å². The van der Waals surface area contributed by atoms with Crippen LogP contribution in [-0.2, 0) is 0 Å². The van der Waals surface area contributed by atoms with Crippen molar-refractivity contribution in [3.63, 3.8) is 0 Å². The van der Waals surface area contributed by atoms with E-state index in [1.54, 1.807) is 12.1 Å². The highest BCUT2D eigenvalue weighted by atomic mass is 35.5. The molecule has 0 fully saturated rings. The van der Waals surface area contributed by atoms with Gasteiger partial charge in [0, 0.05) is 22.9 Å². The number of hydrogen-bond acceptors (Lipinski definition) is 7. The summed E-state index contributed by atoms with van der Waals surface area (Å²) in [5.74, 6) is -0.349. The average Bonchev–Trinajstić information content (AvgIpc) is 3.11. The Morgan fingerprint density at radius 1 is 1.13 bits per heavy atom. The number of aromatic hydroxyl groups is 2. The van der Waals surface area contributed by atoms with E-state index in [-0.39, 0.29) is 22.2 Å². The maximum absolute atomic E-state index is 11.1. The molecule has 9 heteroatoms. The molecule has 4 rings (SSSR count). The van der Waals surface area contributed by atoms with Crippen molar-refractivity contribution in [3.05, 3.63) is 74.3 Å². The summed E-state index contributed by atoms with van der Waals surface area (Å²) in [6.45, 7) is 3.95. The zero-order valence-corrected chi connectivity index (χ0v) is 17.2. The van der Waals surface area contributed by atoms with Crippen molar-refractivity contribution >= 4 is 40.3 Å². The van der Waals surface area contributed by atoms with Crippen molar-refractivity contribution in [3.8, 4) is 23.0 Å². The monoisotopic (exact) mass is 437 g/mol. The number of aliphatic imine (C=N–C) groups is 1. The molecule has 0 aliphatic carbocycles. The molecule has 0 radical (unpaired) electrons. The molecular weight excluding hydrogens is 422 g/mol. The predicted octanol–water partition coefficient (Wildman–Crippen LogP) is 5.84. The van der Waals surface area contributed by atoms with Crippen molar-refractivity contribution in [1.82, 2.24) is 4.98 Å². The highest BCUT2D eigenvalue weighted by Gasteiger charge is 2.18. The molecule has 0 amide bonds. The molecule has 0 saturated carbocycles. The summed E-state index contributed by atoms with van der Waals surface area (Å²) in [6, 6.07) is 10.8. The molecule has 3 aromatic carbocycles. The number of halogens is 1. The van der Waals surface area contributed by atoms with Gasteiger partial charge in [-0.15, -0.1) is 0 Å². The fourth-order valence-electron chi connectivity index (χ4n) is 3.06. The Hall–Kier alpha value is -3.91. The van der Waals surface area contributed by atoms with Gasteiger partial charge in [0.25, 0.3) is 0 Å². The largest absolute Gasteiger partial charge is 0.507 e. The Labute approximate surface area is 181 Å². The second-order valence-electron chi connectivity index (χ2n) is 7.00. The molecular formula is C22H16ClN3O5. The molecule has 0 saturated heterocycles. The topological polar surface area (TPSA) is 122 Å². The molecule has 0 unspecified atom stereocenters. The number of nitro groups is 1. The van der Waals surface area contributed by atoms with Gasteiger partial charge in [0.1, 0.15) is 11.3 Å². The van der Waals surface area contributed by atoms with E-state index in [1.165, 1.54) is 18.3 Å². The second kappa shape index (κ2) is 7.73. The minimum atomic E-state index is -0.728. The van der Waals surface area contributed by atoms with Crippen molar-refractivity contribution < 1.29 is 19.6 Å². The third-order valence-electron chi connectivity index (χ3n) is 4.85. The van der Waals surface area contributed by atoms with Gasteiger partial charge in [-0.25, -0.2) is 4.98 Å². The second-order valence-corrected chi connectivity index (χ2v) is 7.44. The van der Waals surface area contributed by atoms with Crippen LogP contribution in [0.5, 0.6) is 11.5 Å². The number of aryl methyl sites for hydroxylation is 2. The minimum absolute atomic E-state index is 0.0415. The van der Waals surface area contributed by atoms with E-state index in [0.717, 1.165) is 17.2 Å². The molecule has 2 N–H and O–H groups in total. The molecule has 31 heavy (non-hydrogen) atoms. The van der Waals surface area contributed by atoms with Crippen molar-refractivity contribution in [2.75, 3.05) is 0 Å². The van der Waals surface area contributed by atoms with E-state index in [9.17, 15) is 20.3 Å². The lowest BCUT2D eigenvalue weighted by atomic mass is 10.1. The van der Waals surface area contributed by atoms with Gasteiger partial charge < -0.3 is 14.6 Å². The lowest BCUT2D eigenvalue weighted by Crippen LogP contribution is -1.92. The van der Waals surface area contributed by atoms with Crippen LogP contribution in [0, 0.1) is 24.0 Å². The highest BCUT2D eigenvalue weighted by molar-refractivity contribution is 6.31. The van der Waals surface area contributed by atoms with Crippen molar-refractivity contribution in [2.45, 2.75) is 13.8 Å². The number of benzene rings is 3. The van der Waals surface area contributed by atoms with Crippen LogP contribution in [0.2, 0.25) is 5.02 Å². The lowest BCUT2D eigenvalue weighted by Gasteiger charge is -2.03. The van der Waals surface area contributed by atoms with Gasteiger partial charge in [0.05, 0.1) is 16.2 Å². The molecule has 0 bridgehead atoms. The van der Waals surface area contributed by atoms with Gasteiger partial charge in [-0.3, -0.25) is 15.1 Å². The van der Waals surface area contributed by atoms with Crippen LogP contribution in [0.4, 0.5) is 11.4 Å².